The fraction of sp³-hybridized carbons (Fsp3) is 0.146. The number of phenolic OH excluding ortho intramolecular Hbond substituents is 15. The summed E-state index contributed by atoms with van der Waals surface area (Å²) in [4.78, 5) is 72.4. The molecule has 26 heteroatoms. The van der Waals surface area contributed by atoms with Crippen molar-refractivity contribution in [2.75, 3.05) is 6.61 Å². The highest BCUT2D eigenvalue weighted by Crippen LogP contribution is 2.62. The monoisotopic (exact) mass is 934 g/mol. The molecule has 5 aromatic carbocycles. The lowest BCUT2D eigenvalue weighted by Gasteiger charge is -2.40. The van der Waals surface area contributed by atoms with Gasteiger partial charge in [0.25, 0.3) is 0 Å². The highest BCUT2D eigenvalue weighted by molar-refractivity contribution is 6.16. The van der Waals surface area contributed by atoms with E-state index in [1.807, 2.05) is 0 Å². The van der Waals surface area contributed by atoms with Crippen molar-refractivity contribution in [3.63, 3.8) is 0 Å². The molecule has 0 saturated carbocycles. The molecule has 0 aliphatic carbocycles. The highest BCUT2D eigenvalue weighted by Gasteiger charge is 2.55. The van der Waals surface area contributed by atoms with Crippen LogP contribution in [0.15, 0.2) is 18.2 Å². The van der Waals surface area contributed by atoms with E-state index in [0.29, 0.717) is 18.2 Å². The number of hydrogen-bond donors (Lipinski definition) is 16. The Balaban J connectivity index is 1.44. The smallest absolute Gasteiger partial charge is 0.340 e. The molecule has 5 aromatic rings. The normalized spacial score (nSPS) is 20.6. The molecule has 6 bridgehead atoms. The van der Waals surface area contributed by atoms with Crippen molar-refractivity contribution in [3.8, 4) is 120 Å². The molecule has 26 nitrogen and oxygen atoms in total. The maximum Gasteiger partial charge on any atom is 0.340 e. The maximum absolute atomic E-state index is 15.0. The van der Waals surface area contributed by atoms with Crippen molar-refractivity contribution in [1.82, 2.24) is 0 Å². The molecule has 16 N–H and O–H groups in total. The van der Waals surface area contributed by atoms with Gasteiger partial charge in [-0.2, -0.15) is 0 Å². The third-order valence-corrected chi connectivity index (χ3v) is 11.4. The third kappa shape index (κ3) is 5.68. The summed E-state index contributed by atoms with van der Waals surface area (Å²) in [5, 5.41) is 177. The number of phenols is 15. The van der Waals surface area contributed by atoms with Gasteiger partial charge in [0.05, 0.1) is 27.8 Å². The van der Waals surface area contributed by atoms with E-state index in [9.17, 15) is 106 Å². The van der Waals surface area contributed by atoms with Crippen molar-refractivity contribution < 1.29 is 129 Å². The van der Waals surface area contributed by atoms with Crippen molar-refractivity contribution in [3.05, 3.63) is 51.6 Å². The van der Waals surface area contributed by atoms with E-state index < -0.39 is 220 Å². The molecule has 10 rings (SSSR count). The standard InChI is InChI=1S/C41H26O26/c42-8-1-5-12(24(48)21(8)45)13-6(2-9(43)22(46)25(13)49)39(60)65-34-11(4-63-37(5)58)64-38(59)7-3-10(44)23(47)26(50)14(7)15-18-16(28(52)32(56)27(15)51)17-19-20(30(54)33(57)29(17)53)31(55)35(66-41(19)62)36(34)67-40(18)61/h1-3,11,31,34-36,42-57H,4H2/t11?,31-,34?,35?,36?/m1/s1. The van der Waals surface area contributed by atoms with Gasteiger partial charge in [0.15, 0.2) is 81.9 Å². The van der Waals surface area contributed by atoms with Gasteiger partial charge in [-0.1, -0.05) is 0 Å². The molecule has 0 amide bonds. The number of carbonyl (C=O) groups excluding carboxylic acids is 5. The molecule has 0 saturated heterocycles. The van der Waals surface area contributed by atoms with Crippen LogP contribution in [0.5, 0.6) is 86.2 Å². The van der Waals surface area contributed by atoms with Gasteiger partial charge in [0.2, 0.25) is 28.7 Å². The molecular weight excluding hydrogens is 908 g/mol. The van der Waals surface area contributed by atoms with Crippen molar-refractivity contribution >= 4 is 29.8 Å². The van der Waals surface area contributed by atoms with Gasteiger partial charge in [0.1, 0.15) is 12.7 Å². The van der Waals surface area contributed by atoms with Crippen LogP contribution in [0, 0.1) is 0 Å². The minimum Gasteiger partial charge on any atom is -0.504 e. The number of fused-ring (bicyclic) bond motifs is 7. The molecule has 0 aromatic heterocycles. The first-order valence-corrected chi connectivity index (χ1v) is 18.6. The van der Waals surface area contributed by atoms with Crippen LogP contribution in [0.2, 0.25) is 0 Å². The molecule has 4 unspecified atom stereocenters. The Hall–Kier alpha value is -9.59. The van der Waals surface area contributed by atoms with Crippen LogP contribution in [0.3, 0.4) is 0 Å². The molecule has 5 aliphatic rings. The molecule has 346 valence electrons. The first kappa shape index (κ1) is 42.7. The second kappa shape index (κ2) is 14.2. The van der Waals surface area contributed by atoms with E-state index in [1.165, 1.54) is 0 Å². The van der Waals surface area contributed by atoms with Crippen LogP contribution in [0.25, 0.3) is 33.4 Å². The Bertz CT molecular complexity index is 3190. The number of ether oxygens (including phenoxy) is 5. The average molecular weight is 935 g/mol. The predicted molar refractivity (Wildman–Crippen MR) is 206 cm³/mol. The third-order valence-electron chi connectivity index (χ3n) is 11.4. The molecule has 0 radical (unpaired) electrons. The number of aromatic hydroxyl groups is 15. The summed E-state index contributed by atoms with van der Waals surface area (Å²) in [5.41, 5.74) is -14.9. The zero-order valence-corrected chi connectivity index (χ0v) is 32.6. The average Bonchev–Trinajstić information content (AvgIpc) is 3.30. The predicted octanol–water partition coefficient (Wildman–Crippen LogP) is 1.32. The van der Waals surface area contributed by atoms with Gasteiger partial charge in [-0.15, -0.1) is 0 Å². The van der Waals surface area contributed by atoms with Gasteiger partial charge >= 0.3 is 29.8 Å². The van der Waals surface area contributed by atoms with Gasteiger partial charge in [-0.05, 0) is 18.2 Å². The van der Waals surface area contributed by atoms with Crippen LogP contribution in [0.4, 0.5) is 0 Å². The Morgan fingerprint density at radius 2 is 0.701 bits per heavy atom. The van der Waals surface area contributed by atoms with E-state index in [4.69, 9.17) is 23.7 Å². The number of cyclic esters (lactones) is 1. The Kier molecular flexibility index (Phi) is 9.05. The van der Waals surface area contributed by atoms with Crippen LogP contribution < -0.4 is 0 Å². The van der Waals surface area contributed by atoms with Gasteiger partial charge in [-0.3, -0.25) is 0 Å². The summed E-state index contributed by atoms with van der Waals surface area (Å²) < 4.78 is 27.8. The van der Waals surface area contributed by atoms with Crippen LogP contribution in [0.1, 0.15) is 63.5 Å². The lowest BCUT2D eigenvalue weighted by atomic mass is 9.80. The summed E-state index contributed by atoms with van der Waals surface area (Å²) in [6.07, 6.45) is -13.4. The number of benzene rings is 5. The molecule has 0 spiro atoms. The first-order valence-electron chi connectivity index (χ1n) is 18.6. The number of esters is 5. The largest absolute Gasteiger partial charge is 0.504 e. The number of carbonyl (C=O) groups is 5. The van der Waals surface area contributed by atoms with Gasteiger partial charge in [-0.25, -0.2) is 24.0 Å². The summed E-state index contributed by atoms with van der Waals surface area (Å²) in [7, 11) is 0. The number of aliphatic hydroxyl groups is 1. The summed E-state index contributed by atoms with van der Waals surface area (Å²) >= 11 is 0. The summed E-state index contributed by atoms with van der Waals surface area (Å²) in [6.45, 7) is -1.51. The van der Waals surface area contributed by atoms with Crippen LogP contribution >= 0.6 is 0 Å². The quantitative estimate of drug-likeness (QED) is 0.0591. The first-order chi connectivity index (χ1) is 31.5. The second-order valence-corrected chi connectivity index (χ2v) is 15.0. The van der Waals surface area contributed by atoms with E-state index in [-0.39, 0.29) is 0 Å². The van der Waals surface area contributed by atoms with Crippen molar-refractivity contribution in [1.29, 1.82) is 0 Å². The Morgan fingerprint density at radius 1 is 0.343 bits per heavy atom. The zero-order chi connectivity index (χ0) is 48.7. The number of rotatable bonds is 0. The fourth-order valence-electron chi connectivity index (χ4n) is 8.39. The molecule has 5 heterocycles. The Morgan fingerprint density at radius 3 is 1.21 bits per heavy atom. The fourth-order valence-corrected chi connectivity index (χ4v) is 8.39. The van der Waals surface area contributed by atoms with E-state index >= 15 is 0 Å². The highest BCUT2D eigenvalue weighted by atomic mass is 16.6. The lowest BCUT2D eigenvalue weighted by Crippen LogP contribution is -2.56. The molecule has 67 heavy (non-hydrogen) atoms. The van der Waals surface area contributed by atoms with Crippen LogP contribution in [-0.4, -0.2) is 143 Å². The van der Waals surface area contributed by atoms with E-state index in [2.05, 4.69) is 0 Å². The molecule has 5 aliphatic heterocycles. The minimum atomic E-state index is -2.79. The van der Waals surface area contributed by atoms with Crippen molar-refractivity contribution in [2.45, 2.75) is 30.5 Å². The summed E-state index contributed by atoms with van der Waals surface area (Å²) in [6, 6.07) is 1.07. The number of hydrogen-bond acceptors (Lipinski definition) is 26. The molecular formula is C41H26O26. The van der Waals surface area contributed by atoms with Crippen molar-refractivity contribution in [2.24, 2.45) is 0 Å². The zero-order valence-electron chi connectivity index (χ0n) is 32.6. The Labute approximate surface area is 367 Å². The van der Waals surface area contributed by atoms with E-state index in [0.717, 1.165) is 0 Å². The van der Waals surface area contributed by atoms with E-state index in [1.54, 1.807) is 0 Å². The maximum atomic E-state index is 15.0. The topological polar surface area (TPSA) is 455 Å². The van der Waals surface area contributed by atoms with Gasteiger partial charge in [0, 0.05) is 38.9 Å². The molecule has 0 fully saturated rings. The second-order valence-electron chi connectivity index (χ2n) is 15.0. The lowest BCUT2D eigenvalue weighted by molar-refractivity contribution is -0.154. The summed E-state index contributed by atoms with van der Waals surface area (Å²) in [5.74, 6) is -32.1. The van der Waals surface area contributed by atoms with Crippen LogP contribution in [-0.2, 0) is 23.7 Å². The SMILES string of the molecule is O=C1OCC2OC(=O)c3cc(O)c(O)c(O)c3-c3c(O)c(O)c(O)c4c3C(=O)OC(C2OC(=O)c2cc(O)c(O)c(O)c2-c2c1cc(O)c(O)c2O)C1OC(=O)c2c-4c(O)c(O)c(O)c2[C@H]1O. The molecule has 5 atom stereocenters. The van der Waals surface area contributed by atoms with Gasteiger partial charge < -0.3 is 105 Å². The minimum absolute atomic E-state index is 0.323. The number of aliphatic hydroxyl groups excluding tert-OH is 1.